The van der Waals surface area contributed by atoms with E-state index in [-0.39, 0.29) is 30.6 Å². The molecule has 1 saturated carbocycles. The summed E-state index contributed by atoms with van der Waals surface area (Å²) in [4.78, 5) is 31.6. The number of halogens is 4. The van der Waals surface area contributed by atoms with Crippen LogP contribution in [-0.2, 0) is 15.8 Å². The number of alkyl halides is 4. The maximum absolute atomic E-state index is 14.2. The van der Waals surface area contributed by atoms with E-state index in [1.807, 2.05) is 36.9 Å². The maximum Gasteiger partial charge on any atom is 0.416 e. The van der Waals surface area contributed by atoms with Crippen molar-refractivity contribution in [3.8, 4) is 0 Å². The Morgan fingerprint density at radius 1 is 1.05 bits per heavy atom. The highest BCUT2D eigenvalue weighted by Gasteiger charge is 2.56. The van der Waals surface area contributed by atoms with Crippen LogP contribution in [-0.4, -0.2) is 49.1 Å². The van der Waals surface area contributed by atoms with Crippen molar-refractivity contribution in [1.29, 1.82) is 0 Å². The van der Waals surface area contributed by atoms with E-state index in [1.54, 1.807) is 17.9 Å². The molecule has 2 atom stereocenters. The average Bonchev–Trinajstić information content (AvgIpc) is 3.69. The van der Waals surface area contributed by atoms with Crippen LogP contribution in [0.2, 0.25) is 0 Å². The Hall–Kier alpha value is -2.94. The van der Waals surface area contributed by atoms with Gasteiger partial charge in [-0.25, -0.2) is 4.39 Å². The van der Waals surface area contributed by atoms with Gasteiger partial charge in [0.05, 0.1) is 16.9 Å². The Labute approximate surface area is 226 Å². The van der Waals surface area contributed by atoms with Gasteiger partial charge in [0, 0.05) is 37.6 Å². The molecular formula is C30H35F4N3O2. The Bertz CT molecular complexity index is 1250. The molecule has 2 amide bonds. The van der Waals surface area contributed by atoms with Gasteiger partial charge in [-0.05, 0) is 80.3 Å². The lowest BCUT2D eigenvalue weighted by molar-refractivity contribution is -0.137. The molecule has 3 aliphatic rings. The number of carbonyl (C=O) groups is 2. The second-order valence-corrected chi connectivity index (χ2v) is 11.6. The van der Waals surface area contributed by atoms with Crippen molar-refractivity contribution in [1.82, 2.24) is 4.90 Å². The van der Waals surface area contributed by atoms with Crippen LogP contribution in [0, 0.1) is 25.2 Å². The number of piperidine rings is 1. The predicted octanol–water partition coefficient (Wildman–Crippen LogP) is 6.24. The minimum absolute atomic E-state index is 0.0606. The lowest BCUT2D eigenvalue weighted by Crippen LogP contribution is -2.52. The normalized spacial score (nSPS) is 24.8. The summed E-state index contributed by atoms with van der Waals surface area (Å²) in [6, 6.07) is 9.48. The van der Waals surface area contributed by atoms with Crippen LogP contribution < -0.4 is 10.2 Å². The monoisotopic (exact) mass is 545 g/mol. The highest BCUT2D eigenvalue weighted by atomic mass is 19.4. The van der Waals surface area contributed by atoms with Gasteiger partial charge in [-0.15, -0.1) is 0 Å². The molecule has 5 nitrogen and oxygen atoms in total. The summed E-state index contributed by atoms with van der Waals surface area (Å²) < 4.78 is 55.0. The lowest BCUT2D eigenvalue weighted by atomic mass is 9.76. The van der Waals surface area contributed by atoms with Crippen molar-refractivity contribution in [2.45, 2.75) is 64.7 Å². The summed E-state index contributed by atoms with van der Waals surface area (Å²) in [6.07, 6.45) is -3.11. The second kappa shape index (κ2) is 10.2. The fourth-order valence-electron chi connectivity index (χ4n) is 6.17. The Morgan fingerprint density at radius 2 is 1.69 bits per heavy atom. The maximum atomic E-state index is 14.2. The van der Waals surface area contributed by atoms with Crippen LogP contribution in [0.25, 0.3) is 0 Å². The molecular weight excluding hydrogens is 510 g/mol. The van der Waals surface area contributed by atoms with E-state index >= 15 is 0 Å². The van der Waals surface area contributed by atoms with Crippen molar-refractivity contribution in [3.05, 3.63) is 58.7 Å². The molecule has 2 aromatic rings. The number of nitrogens with one attached hydrogen (secondary N) is 1. The van der Waals surface area contributed by atoms with Gasteiger partial charge >= 0.3 is 6.18 Å². The number of benzene rings is 2. The number of amides is 2. The molecule has 1 aliphatic carbocycles. The third-order valence-electron chi connectivity index (χ3n) is 8.68. The molecule has 210 valence electrons. The number of rotatable bonds is 6. The zero-order valence-corrected chi connectivity index (χ0v) is 22.6. The summed E-state index contributed by atoms with van der Waals surface area (Å²) >= 11 is 0. The zero-order valence-electron chi connectivity index (χ0n) is 22.6. The summed E-state index contributed by atoms with van der Waals surface area (Å²) in [7, 11) is 0. The van der Waals surface area contributed by atoms with Crippen molar-refractivity contribution in [2.75, 3.05) is 36.4 Å². The van der Waals surface area contributed by atoms with E-state index < -0.39 is 35.2 Å². The third kappa shape index (κ3) is 5.42. The molecule has 0 radical (unpaired) electrons. The summed E-state index contributed by atoms with van der Waals surface area (Å²) in [6.45, 7) is 6.76. The minimum Gasteiger partial charge on any atom is -0.325 e. The van der Waals surface area contributed by atoms with Crippen LogP contribution in [0.1, 0.15) is 60.8 Å². The highest BCUT2D eigenvalue weighted by molar-refractivity contribution is 6.08. The molecule has 1 N–H and O–H groups in total. The SMILES string of the molecule is Cc1cccc(C)c1N1C[C@@](CN2CCC(F)CC2)(C(=O)Nc2cc(C3CC3)cc(C(F)(F)F)c2)[C@H](C)C1=O. The van der Waals surface area contributed by atoms with Crippen LogP contribution in [0.5, 0.6) is 0 Å². The standard InChI is InChI=1S/C30H35F4N3O2/c1-18-5-4-6-19(2)26(18)37-17-29(20(3)27(37)38,16-36-11-9-24(31)10-12-36)28(39)35-25-14-22(21-7-8-21)13-23(15-25)30(32,33)34/h4-6,13-15,20-21,24H,7-12,16-17H2,1-3H3,(H,35,39)/t20-,29-/m1/s1. The smallest absolute Gasteiger partial charge is 0.325 e. The summed E-state index contributed by atoms with van der Waals surface area (Å²) in [5.41, 5.74) is 1.17. The average molecular weight is 546 g/mol. The van der Waals surface area contributed by atoms with Gasteiger partial charge in [-0.1, -0.05) is 25.1 Å². The fraction of sp³-hybridized carbons (Fsp3) is 0.533. The number of anilines is 2. The van der Waals surface area contributed by atoms with E-state index in [2.05, 4.69) is 5.32 Å². The van der Waals surface area contributed by atoms with Gasteiger partial charge in [0.15, 0.2) is 0 Å². The van der Waals surface area contributed by atoms with Crippen LogP contribution in [0.4, 0.5) is 28.9 Å². The van der Waals surface area contributed by atoms with E-state index in [1.165, 1.54) is 0 Å². The molecule has 0 aromatic heterocycles. The number of likely N-dealkylation sites (tertiary alicyclic amines) is 1. The molecule has 5 rings (SSSR count). The number of hydrogen-bond acceptors (Lipinski definition) is 3. The van der Waals surface area contributed by atoms with Gasteiger partial charge in [0.1, 0.15) is 6.17 Å². The zero-order chi connectivity index (χ0) is 28.1. The van der Waals surface area contributed by atoms with E-state index in [0.29, 0.717) is 31.5 Å². The van der Waals surface area contributed by atoms with Gasteiger partial charge in [0.2, 0.25) is 11.8 Å². The van der Waals surface area contributed by atoms with Gasteiger partial charge in [-0.2, -0.15) is 13.2 Å². The van der Waals surface area contributed by atoms with Crippen molar-refractivity contribution >= 4 is 23.2 Å². The molecule has 0 spiro atoms. The highest BCUT2D eigenvalue weighted by Crippen LogP contribution is 2.45. The summed E-state index contributed by atoms with van der Waals surface area (Å²) in [5, 5.41) is 2.79. The predicted molar refractivity (Wildman–Crippen MR) is 142 cm³/mol. The van der Waals surface area contributed by atoms with Gasteiger partial charge in [-0.3, -0.25) is 9.59 Å². The molecule has 2 aliphatic heterocycles. The molecule has 39 heavy (non-hydrogen) atoms. The summed E-state index contributed by atoms with van der Waals surface area (Å²) in [5.74, 6) is -1.36. The second-order valence-electron chi connectivity index (χ2n) is 11.6. The Balaban J connectivity index is 1.51. The minimum atomic E-state index is -4.55. The number of carbonyl (C=O) groups excluding carboxylic acids is 2. The van der Waals surface area contributed by atoms with Crippen molar-refractivity contribution < 1.29 is 27.2 Å². The quantitative estimate of drug-likeness (QED) is 0.437. The first-order chi connectivity index (χ1) is 18.4. The molecule has 3 fully saturated rings. The van der Waals surface area contributed by atoms with E-state index in [0.717, 1.165) is 41.8 Å². The Kier molecular flexibility index (Phi) is 7.24. The van der Waals surface area contributed by atoms with Crippen molar-refractivity contribution in [3.63, 3.8) is 0 Å². The molecule has 2 aromatic carbocycles. The topological polar surface area (TPSA) is 52.6 Å². The molecule has 2 saturated heterocycles. The van der Waals surface area contributed by atoms with Gasteiger partial charge < -0.3 is 15.1 Å². The molecule has 2 heterocycles. The number of aryl methyl sites for hydroxylation is 2. The molecule has 9 heteroatoms. The van der Waals surface area contributed by atoms with Crippen LogP contribution in [0.15, 0.2) is 36.4 Å². The van der Waals surface area contributed by atoms with Crippen LogP contribution in [0.3, 0.4) is 0 Å². The number of para-hydroxylation sites is 1. The fourth-order valence-corrected chi connectivity index (χ4v) is 6.17. The third-order valence-corrected chi connectivity index (χ3v) is 8.68. The number of hydrogen-bond donors (Lipinski definition) is 1. The largest absolute Gasteiger partial charge is 0.416 e. The molecule has 0 unspecified atom stereocenters. The lowest BCUT2D eigenvalue weighted by Gasteiger charge is -2.38. The van der Waals surface area contributed by atoms with Gasteiger partial charge in [0.25, 0.3) is 0 Å². The van der Waals surface area contributed by atoms with E-state index in [4.69, 9.17) is 0 Å². The first kappa shape index (κ1) is 27.6. The first-order valence-corrected chi connectivity index (χ1v) is 13.7. The number of nitrogens with zero attached hydrogens (tertiary/aromatic N) is 2. The molecule has 0 bridgehead atoms. The van der Waals surface area contributed by atoms with Crippen molar-refractivity contribution in [2.24, 2.45) is 11.3 Å². The van der Waals surface area contributed by atoms with Crippen LogP contribution >= 0.6 is 0 Å². The Morgan fingerprint density at radius 3 is 2.28 bits per heavy atom. The van der Waals surface area contributed by atoms with E-state index in [9.17, 15) is 27.2 Å². The first-order valence-electron chi connectivity index (χ1n) is 13.7.